The molecule has 1 N–H and O–H groups in total. The molecule has 0 bridgehead atoms. The summed E-state index contributed by atoms with van der Waals surface area (Å²) in [4.78, 5) is 2.59. The number of hydrogen-bond acceptors (Lipinski definition) is 4. The molecule has 0 amide bonds. The molecule has 1 aromatic rings. The Bertz CT molecular complexity index is 478. The number of nitrogens with one attached hydrogen (secondary N) is 1. The van der Waals surface area contributed by atoms with Crippen LogP contribution in [0.5, 0.6) is 11.5 Å². The Morgan fingerprint density at radius 1 is 1.20 bits per heavy atom. The van der Waals surface area contributed by atoms with Gasteiger partial charge in [-0.3, -0.25) is 4.90 Å². The van der Waals surface area contributed by atoms with Crippen LogP contribution in [0.25, 0.3) is 0 Å². The van der Waals surface area contributed by atoms with Gasteiger partial charge in [0.1, 0.15) is 0 Å². The van der Waals surface area contributed by atoms with Gasteiger partial charge in [-0.05, 0) is 49.5 Å². The lowest BCUT2D eigenvalue weighted by atomic mass is 9.95. The number of benzene rings is 1. The van der Waals surface area contributed by atoms with Crippen LogP contribution in [0.1, 0.15) is 12.5 Å². The maximum Gasteiger partial charge on any atom is 0.161 e. The molecule has 0 saturated carbocycles. The van der Waals surface area contributed by atoms with Gasteiger partial charge >= 0.3 is 0 Å². The average molecular weight is 276 g/mol. The second kappa shape index (κ2) is 5.62. The van der Waals surface area contributed by atoms with E-state index in [0.29, 0.717) is 6.04 Å². The van der Waals surface area contributed by atoms with Crippen molar-refractivity contribution in [1.29, 1.82) is 0 Å². The summed E-state index contributed by atoms with van der Waals surface area (Å²) in [5.74, 6) is 3.26. The van der Waals surface area contributed by atoms with E-state index in [4.69, 9.17) is 9.47 Å². The number of fused-ring (bicyclic) bond motifs is 1. The van der Waals surface area contributed by atoms with Crippen molar-refractivity contribution in [3.8, 4) is 11.5 Å². The highest BCUT2D eigenvalue weighted by molar-refractivity contribution is 5.42. The van der Waals surface area contributed by atoms with E-state index in [-0.39, 0.29) is 0 Å². The minimum Gasteiger partial charge on any atom is -0.493 e. The summed E-state index contributed by atoms with van der Waals surface area (Å²) in [5, 5.41) is 3.51. The first kappa shape index (κ1) is 13.7. The average Bonchev–Trinajstić information content (AvgIpc) is 3.03. The zero-order valence-corrected chi connectivity index (χ0v) is 12.6. The molecular weight excluding hydrogens is 252 g/mol. The van der Waals surface area contributed by atoms with Crippen molar-refractivity contribution in [3.63, 3.8) is 0 Å². The summed E-state index contributed by atoms with van der Waals surface area (Å²) in [6.45, 7) is 6.91. The quantitative estimate of drug-likeness (QED) is 0.908. The normalized spacial score (nSPS) is 29.4. The Kier molecular flexibility index (Phi) is 3.85. The highest BCUT2D eigenvalue weighted by atomic mass is 16.5. The van der Waals surface area contributed by atoms with Gasteiger partial charge in [0.15, 0.2) is 11.5 Å². The van der Waals surface area contributed by atoms with Gasteiger partial charge in [0.05, 0.1) is 14.2 Å². The van der Waals surface area contributed by atoms with Crippen molar-refractivity contribution in [3.05, 3.63) is 23.8 Å². The lowest BCUT2D eigenvalue weighted by Crippen LogP contribution is -2.32. The van der Waals surface area contributed by atoms with Crippen LogP contribution >= 0.6 is 0 Å². The fraction of sp³-hybridized carbons (Fsp3) is 0.625. The first-order valence-electron chi connectivity index (χ1n) is 7.38. The number of rotatable bonds is 4. The van der Waals surface area contributed by atoms with Crippen molar-refractivity contribution in [1.82, 2.24) is 10.2 Å². The van der Waals surface area contributed by atoms with Crippen molar-refractivity contribution >= 4 is 0 Å². The summed E-state index contributed by atoms with van der Waals surface area (Å²) >= 11 is 0. The van der Waals surface area contributed by atoms with Crippen molar-refractivity contribution in [2.24, 2.45) is 11.8 Å². The van der Waals surface area contributed by atoms with Crippen LogP contribution in [-0.2, 0) is 6.54 Å². The topological polar surface area (TPSA) is 33.7 Å². The van der Waals surface area contributed by atoms with Gasteiger partial charge < -0.3 is 14.8 Å². The molecule has 2 aliphatic heterocycles. The second-order valence-corrected chi connectivity index (χ2v) is 5.94. The van der Waals surface area contributed by atoms with Crippen molar-refractivity contribution in [2.45, 2.75) is 19.5 Å². The van der Waals surface area contributed by atoms with Gasteiger partial charge in [-0.15, -0.1) is 0 Å². The Balaban J connectivity index is 1.72. The molecule has 0 radical (unpaired) electrons. The lowest BCUT2D eigenvalue weighted by Gasteiger charge is -2.24. The zero-order valence-electron chi connectivity index (χ0n) is 12.6. The molecule has 3 unspecified atom stereocenters. The highest BCUT2D eigenvalue weighted by Gasteiger charge is 2.41. The van der Waals surface area contributed by atoms with Crippen molar-refractivity contribution in [2.75, 3.05) is 33.9 Å². The maximum atomic E-state index is 5.39. The van der Waals surface area contributed by atoms with E-state index >= 15 is 0 Å². The minimum absolute atomic E-state index is 0.656. The van der Waals surface area contributed by atoms with Gasteiger partial charge in [-0.25, -0.2) is 0 Å². The third-order valence-electron chi connectivity index (χ3n) is 4.89. The molecular formula is C16H24N2O2. The molecule has 3 rings (SSSR count). The fourth-order valence-electron chi connectivity index (χ4n) is 3.68. The number of nitrogens with zero attached hydrogens (tertiary/aromatic N) is 1. The SMILES string of the molecule is COc1ccc(CN2CC3CNCC3C2C)cc1OC. The number of likely N-dealkylation sites (tertiary alicyclic amines) is 1. The summed E-state index contributed by atoms with van der Waals surface area (Å²) in [5.41, 5.74) is 1.29. The first-order chi connectivity index (χ1) is 9.72. The van der Waals surface area contributed by atoms with Gasteiger partial charge in [0.2, 0.25) is 0 Å². The summed E-state index contributed by atoms with van der Waals surface area (Å²) < 4.78 is 10.7. The molecule has 2 aliphatic rings. The molecule has 3 atom stereocenters. The molecule has 20 heavy (non-hydrogen) atoms. The zero-order chi connectivity index (χ0) is 14.1. The Morgan fingerprint density at radius 2 is 2.00 bits per heavy atom. The van der Waals surface area contributed by atoms with Crippen LogP contribution in [0, 0.1) is 11.8 Å². The van der Waals surface area contributed by atoms with E-state index in [0.717, 1.165) is 29.9 Å². The molecule has 2 heterocycles. The standard InChI is InChI=1S/C16H24N2O2/c1-11-14-8-17-7-13(14)10-18(11)9-12-4-5-15(19-2)16(6-12)20-3/h4-6,11,13-14,17H,7-10H2,1-3H3. The third-order valence-corrected chi connectivity index (χ3v) is 4.89. The molecule has 1 aromatic carbocycles. The Hall–Kier alpha value is -1.26. The van der Waals surface area contributed by atoms with E-state index in [2.05, 4.69) is 29.3 Å². The molecule has 110 valence electrons. The van der Waals surface area contributed by atoms with E-state index in [1.165, 1.54) is 25.2 Å². The predicted octanol–water partition coefficient (Wildman–Crippen LogP) is 1.74. The van der Waals surface area contributed by atoms with Crippen LogP contribution in [0.15, 0.2) is 18.2 Å². The van der Waals surface area contributed by atoms with Crippen molar-refractivity contribution < 1.29 is 9.47 Å². The summed E-state index contributed by atoms with van der Waals surface area (Å²) in [6, 6.07) is 6.89. The molecule has 0 aliphatic carbocycles. The Labute approximate surface area is 121 Å². The number of ether oxygens (including phenoxy) is 2. The molecule has 4 heteroatoms. The molecule has 2 fully saturated rings. The molecule has 0 aromatic heterocycles. The van der Waals surface area contributed by atoms with E-state index in [9.17, 15) is 0 Å². The number of hydrogen-bond donors (Lipinski definition) is 1. The van der Waals surface area contributed by atoms with Crippen LogP contribution < -0.4 is 14.8 Å². The molecule has 0 spiro atoms. The first-order valence-corrected chi connectivity index (χ1v) is 7.38. The lowest BCUT2D eigenvalue weighted by molar-refractivity contribution is 0.231. The minimum atomic E-state index is 0.656. The van der Waals surface area contributed by atoms with Gasteiger partial charge in [0.25, 0.3) is 0 Å². The third kappa shape index (κ3) is 2.38. The predicted molar refractivity (Wildman–Crippen MR) is 79.3 cm³/mol. The molecule has 4 nitrogen and oxygen atoms in total. The highest BCUT2D eigenvalue weighted by Crippen LogP contribution is 2.34. The molecule has 2 saturated heterocycles. The van der Waals surface area contributed by atoms with E-state index < -0.39 is 0 Å². The monoisotopic (exact) mass is 276 g/mol. The van der Waals surface area contributed by atoms with Crippen LogP contribution in [0.3, 0.4) is 0 Å². The summed E-state index contributed by atoms with van der Waals surface area (Å²) in [6.07, 6.45) is 0. The second-order valence-electron chi connectivity index (χ2n) is 5.94. The van der Waals surface area contributed by atoms with Gasteiger partial charge in [-0.1, -0.05) is 6.07 Å². The van der Waals surface area contributed by atoms with E-state index in [1.807, 2.05) is 6.07 Å². The maximum absolute atomic E-state index is 5.39. The fourth-order valence-corrected chi connectivity index (χ4v) is 3.68. The number of methoxy groups -OCH3 is 2. The van der Waals surface area contributed by atoms with Crippen LogP contribution in [0.4, 0.5) is 0 Å². The van der Waals surface area contributed by atoms with E-state index in [1.54, 1.807) is 14.2 Å². The largest absolute Gasteiger partial charge is 0.493 e. The smallest absolute Gasteiger partial charge is 0.161 e. The van der Waals surface area contributed by atoms with Gasteiger partial charge in [-0.2, -0.15) is 0 Å². The Morgan fingerprint density at radius 3 is 2.70 bits per heavy atom. The van der Waals surface area contributed by atoms with Gasteiger partial charge in [0, 0.05) is 19.1 Å². The van der Waals surface area contributed by atoms with Crippen LogP contribution in [0.2, 0.25) is 0 Å². The summed E-state index contributed by atoms with van der Waals surface area (Å²) in [7, 11) is 3.37. The van der Waals surface area contributed by atoms with Crippen LogP contribution in [-0.4, -0.2) is 44.8 Å².